The fourth-order valence-corrected chi connectivity index (χ4v) is 5.97. The maximum Gasteiger partial charge on any atom is 0.403 e. The Morgan fingerprint density at radius 3 is 2.31 bits per heavy atom. The van der Waals surface area contributed by atoms with E-state index in [0.717, 1.165) is 4.90 Å². The molecule has 1 aromatic carbocycles. The van der Waals surface area contributed by atoms with Crippen LogP contribution in [-0.4, -0.2) is 64.8 Å². The van der Waals surface area contributed by atoms with Crippen LogP contribution in [0.1, 0.15) is 54.4 Å². The number of imidazole rings is 1. The highest BCUT2D eigenvalue weighted by Crippen LogP contribution is 2.57. The molecule has 2 fully saturated rings. The number of carbonyl (C=O) groups excluding carboxylic acids is 2. The Kier molecular flexibility index (Phi) is 9.74. The molecule has 3 N–H and O–H groups in total. The van der Waals surface area contributed by atoms with Crippen molar-refractivity contribution >= 4 is 52.0 Å². The van der Waals surface area contributed by atoms with Crippen LogP contribution in [0.2, 0.25) is 5.02 Å². The number of amides is 2. The standard InChI is InChI=1S/C30H32ClF8N7O2/c1-45(14-22(32)33)23-18(25(47)41-17-6-4-16(5-7-17)29(34,35)36)12-21-24(44-23)46(2)27(43-21)42-20-11-15(3-8-19(20)31)13-40-26(48)28(9-10-28)30(37,38)39/h3,8,11-12,16-17,22H,4-7,9-10,13-14H2,1-2H3,(H,40,48)(H,41,47)(H,42,43). The maximum absolute atomic E-state index is 13.4. The van der Waals surface area contributed by atoms with Gasteiger partial charge in [0.25, 0.3) is 12.3 Å². The van der Waals surface area contributed by atoms with E-state index in [1.165, 1.54) is 35.9 Å². The molecule has 0 atom stereocenters. The number of nitrogens with zero attached hydrogens (tertiary/aromatic N) is 4. The summed E-state index contributed by atoms with van der Waals surface area (Å²) in [6.45, 7) is -0.968. The van der Waals surface area contributed by atoms with E-state index in [0.29, 0.717) is 5.56 Å². The first-order chi connectivity index (χ1) is 22.4. The first-order valence-electron chi connectivity index (χ1n) is 15.0. The van der Waals surface area contributed by atoms with E-state index in [4.69, 9.17) is 11.6 Å². The van der Waals surface area contributed by atoms with Gasteiger partial charge < -0.3 is 20.9 Å². The fourth-order valence-electron chi connectivity index (χ4n) is 5.81. The number of pyridine rings is 1. The second-order valence-corrected chi connectivity index (χ2v) is 12.6. The number of carbonyl (C=O) groups is 2. The molecule has 18 heteroatoms. The number of alkyl halides is 8. The van der Waals surface area contributed by atoms with Crippen LogP contribution in [0, 0.1) is 11.3 Å². The number of hydrogen-bond acceptors (Lipinski definition) is 6. The van der Waals surface area contributed by atoms with Crippen molar-refractivity contribution < 1.29 is 44.7 Å². The van der Waals surface area contributed by atoms with Crippen molar-refractivity contribution in [2.24, 2.45) is 18.4 Å². The Morgan fingerprint density at radius 1 is 1.06 bits per heavy atom. The van der Waals surface area contributed by atoms with Crippen molar-refractivity contribution in [2.75, 3.05) is 23.8 Å². The number of halogens is 9. The third-order valence-corrected chi connectivity index (χ3v) is 9.16. The Bertz CT molecular complexity index is 1680. The number of fused-ring (bicyclic) bond motifs is 1. The predicted molar refractivity (Wildman–Crippen MR) is 161 cm³/mol. The van der Waals surface area contributed by atoms with Crippen molar-refractivity contribution in [1.82, 2.24) is 25.2 Å². The van der Waals surface area contributed by atoms with Gasteiger partial charge in [-0.2, -0.15) is 26.3 Å². The molecule has 0 saturated heterocycles. The van der Waals surface area contributed by atoms with Crippen LogP contribution in [0.15, 0.2) is 24.3 Å². The average Bonchev–Trinajstić information content (AvgIpc) is 3.77. The minimum atomic E-state index is -4.65. The Balaban J connectivity index is 1.37. The number of hydrogen-bond donors (Lipinski definition) is 3. The van der Waals surface area contributed by atoms with Crippen LogP contribution in [0.5, 0.6) is 0 Å². The summed E-state index contributed by atoms with van der Waals surface area (Å²) < 4.78 is 107. The molecule has 2 aromatic heterocycles. The zero-order chi connectivity index (χ0) is 35.2. The van der Waals surface area contributed by atoms with Gasteiger partial charge in [-0.15, -0.1) is 0 Å². The first kappa shape index (κ1) is 35.4. The fraction of sp³-hybridized carbons (Fsp3) is 0.533. The van der Waals surface area contributed by atoms with Crippen LogP contribution in [-0.2, 0) is 18.4 Å². The van der Waals surface area contributed by atoms with E-state index in [-0.39, 0.29) is 84.3 Å². The van der Waals surface area contributed by atoms with Gasteiger partial charge in [-0.1, -0.05) is 17.7 Å². The molecular weight excluding hydrogens is 678 g/mol. The molecule has 5 rings (SSSR count). The van der Waals surface area contributed by atoms with Crippen molar-refractivity contribution in [3.05, 3.63) is 40.4 Å². The number of aromatic nitrogens is 3. The molecule has 2 amide bonds. The summed E-state index contributed by atoms with van der Waals surface area (Å²) in [7, 11) is 2.88. The van der Waals surface area contributed by atoms with Gasteiger partial charge >= 0.3 is 12.4 Å². The molecule has 2 aliphatic rings. The molecular formula is C30H32ClF8N7O2. The molecule has 0 spiro atoms. The lowest BCUT2D eigenvalue weighted by Crippen LogP contribution is -2.40. The normalized spacial score (nSPS) is 19.3. The van der Waals surface area contributed by atoms with Crippen LogP contribution < -0.4 is 20.9 Å². The third-order valence-electron chi connectivity index (χ3n) is 8.83. The topological polar surface area (TPSA) is 104 Å². The van der Waals surface area contributed by atoms with Gasteiger partial charge in [0.15, 0.2) is 5.65 Å². The molecule has 2 aliphatic carbocycles. The molecule has 0 unspecified atom stereocenters. The Labute approximate surface area is 274 Å². The summed E-state index contributed by atoms with van der Waals surface area (Å²) in [5, 5.41) is 8.25. The molecule has 9 nitrogen and oxygen atoms in total. The first-order valence-corrected chi connectivity index (χ1v) is 15.4. The smallest absolute Gasteiger partial charge is 0.353 e. The number of benzene rings is 1. The summed E-state index contributed by atoms with van der Waals surface area (Å²) in [5.41, 5.74) is -1.38. The third kappa shape index (κ3) is 7.39. The number of nitrogens with one attached hydrogen (secondary N) is 3. The van der Waals surface area contributed by atoms with Crippen molar-refractivity contribution in [3.8, 4) is 0 Å². The molecule has 0 radical (unpaired) electrons. The highest BCUT2D eigenvalue weighted by molar-refractivity contribution is 6.33. The summed E-state index contributed by atoms with van der Waals surface area (Å²) in [6.07, 6.45) is -12.4. The van der Waals surface area contributed by atoms with Crippen molar-refractivity contribution in [3.63, 3.8) is 0 Å². The quantitative estimate of drug-likeness (QED) is 0.199. The lowest BCUT2D eigenvalue weighted by atomic mass is 9.85. The summed E-state index contributed by atoms with van der Waals surface area (Å²) in [5.74, 6) is -3.20. The van der Waals surface area contributed by atoms with Crippen molar-refractivity contribution in [2.45, 2.75) is 69.9 Å². The summed E-state index contributed by atoms with van der Waals surface area (Å²) >= 11 is 6.37. The van der Waals surface area contributed by atoms with E-state index < -0.39 is 54.5 Å². The second kappa shape index (κ2) is 13.2. The lowest BCUT2D eigenvalue weighted by Gasteiger charge is -2.30. The SMILES string of the molecule is CN(CC(F)F)c1nc2c(cc1C(=O)NC1CCC(C(F)(F)F)CC1)nc(Nc1cc(CNC(=O)C3(C(F)(F)F)CC3)ccc1Cl)n2C. The molecule has 2 heterocycles. The van der Waals surface area contributed by atoms with E-state index in [1.807, 2.05) is 0 Å². The van der Waals surface area contributed by atoms with Crippen LogP contribution in [0.3, 0.4) is 0 Å². The number of rotatable bonds is 10. The monoisotopic (exact) mass is 709 g/mol. The number of aryl methyl sites for hydroxylation is 1. The van der Waals surface area contributed by atoms with E-state index in [2.05, 4.69) is 25.9 Å². The van der Waals surface area contributed by atoms with Gasteiger partial charge in [-0.05, 0) is 62.3 Å². The second-order valence-electron chi connectivity index (χ2n) is 12.2. The van der Waals surface area contributed by atoms with Gasteiger partial charge in [-0.25, -0.2) is 18.7 Å². The molecule has 262 valence electrons. The molecule has 0 bridgehead atoms. The molecule has 0 aliphatic heterocycles. The van der Waals surface area contributed by atoms with Crippen LogP contribution >= 0.6 is 11.6 Å². The van der Waals surface area contributed by atoms with Crippen LogP contribution in [0.25, 0.3) is 11.2 Å². The Hall–Kier alpha value is -3.89. The minimum absolute atomic E-state index is 0.0954. The minimum Gasteiger partial charge on any atom is -0.353 e. The van der Waals surface area contributed by atoms with Gasteiger partial charge in [0.1, 0.15) is 16.7 Å². The van der Waals surface area contributed by atoms with E-state index in [1.54, 1.807) is 7.05 Å². The van der Waals surface area contributed by atoms with Gasteiger partial charge in [0.2, 0.25) is 11.9 Å². The number of anilines is 3. The summed E-state index contributed by atoms with van der Waals surface area (Å²) in [6, 6.07) is 5.32. The summed E-state index contributed by atoms with van der Waals surface area (Å²) in [4.78, 5) is 35.7. The average molecular weight is 710 g/mol. The maximum atomic E-state index is 13.4. The van der Waals surface area contributed by atoms with Gasteiger partial charge in [0, 0.05) is 26.7 Å². The predicted octanol–water partition coefficient (Wildman–Crippen LogP) is 6.88. The Morgan fingerprint density at radius 2 is 1.73 bits per heavy atom. The highest BCUT2D eigenvalue weighted by Gasteiger charge is 2.68. The van der Waals surface area contributed by atoms with Crippen molar-refractivity contribution in [1.29, 1.82) is 0 Å². The zero-order valence-electron chi connectivity index (χ0n) is 25.7. The van der Waals surface area contributed by atoms with E-state index in [9.17, 15) is 44.7 Å². The van der Waals surface area contributed by atoms with E-state index >= 15 is 0 Å². The van der Waals surface area contributed by atoms with Gasteiger partial charge in [-0.3, -0.25) is 14.2 Å². The zero-order valence-corrected chi connectivity index (χ0v) is 26.5. The molecule has 2 saturated carbocycles. The van der Waals surface area contributed by atoms with Crippen LogP contribution in [0.4, 0.5) is 52.6 Å². The lowest BCUT2D eigenvalue weighted by molar-refractivity contribution is -0.192. The highest BCUT2D eigenvalue weighted by atomic mass is 35.5. The molecule has 48 heavy (non-hydrogen) atoms. The largest absolute Gasteiger partial charge is 0.403 e. The van der Waals surface area contributed by atoms with Gasteiger partial charge in [0.05, 0.1) is 28.7 Å². The molecule has 3 aromatic rings.